The number of alkyl halides is 3. The van der Waals surface area contributed by atoms with E-state index >= 15 is 0 Å². The van der Waals surface area contributed by atoms with Crippen molar-refractivity contribution in [3.05, 3.63) is 71.0 Å². The molecule has 0 unspecified atom stereocenters. The first-order valence-electron chi connectivity index (χ1n) is 9.02. The highest BCUT2D eigenvalue weighted by molar-refractivity contribution is 14.0. The fourth-order valence-electron chi connectivity index (χ4n) is 2.50. The van der Waals surface area contributed by atoms with Gasteiger partial charge in [-0.3, -0.25) is 4.79 Å². The maximum absolute atomic E-state index is 13.2. The van der Waals surface area contributed by atoms with Crippen molar-refractivity contribution in [1.29, 1.82) is 0 Å². The summed E-state index contributed by atoms with van der Waals surface area (Å²) in [4.78, 5) is 16.1. The number of aliphatic imine (C=N–C) groups is 1. The predicted octanol–water partition coefficient (Wildman–Crippen LogP) is 3.95. The summed E-state index contributed by atoms with van der Waals surface area (Å²) in [5.41, 5.74) is -0.648. The van der Waals surface area contributed by atoms with Crippen LogP contribution in [0.15, 0.2) is 53.5 Å². The van der Waals surface area contributed by atoms with E-state index in [1.165, 1.54) is 0 Å². The number of benzene rings is 2. The van der Waals surface area contributed by atoms with Gasteiger partial charge >= 0.3 is 6.18 Å². The third-order valence-electron chi connectivity index (χ3n) is 3.87. The highest BCUT2D eigenvalue weighted by Gasteiger charge is 2.33. The Morgan fingerprint density at radius 1 is 1.00 bits per heavy atom. The predicted molar refractivity (Wildman–Crippen MR) is 118 cm³/mol. The smallest absolute Gasteiger partial charge is 0.357 e. The molecule has 2 aromatic carbocycles. The number of halogens is 5. The van der Waals surface area contributed by atoms with Crippen molar-refractivity contribution >= 4 is 35.8 Å². The highest BCUT2D eigenvalue weighted by atomic mass is 127. The molecule has 2 aromatic rings. The molecule has 0 atom stereocenters. The molecular weight excluding hydrogens is 515 g/mol. The van der Waals surface area contributed by atoms with Gasteiger partial charge in [0.05, 0.1) is 12.1 Å². The van der Waals surface area contributed by atoms with Gasteiger partial charge in [0.15, 0.2) is 5.96 Å². The Labute approximate surface area is 189 Å². The summed E-state index contributed by atoms with van der Waals surface area (Å²) in [6, 6.07) is 11.2. The molecule has 0 fully saturated rings. The molecule has 30 heavy (non-hydrogen) atoms. The molecular formula is C20H23F4IN4O. The summed E-state index contributed by atoms with van der Waals surface area (Å²) in [5.74, 6) is -0.890. The molecule has 164 valence electrons. The zero-order chi connectivity index (χ0) is 21.3. The Bertz CT molecular complexity index is 844. The summed E-state index contributed by atoms with van der Waals surface area (Å²) in [7, 11) is 0. The molecule has 0 aliphatic heterocycles. The lowest BCUT2D eigenvalue weighted by atomic mass is 10.1. The number of guanidine groups is 1. The van der Waals surface area contributed by atoms with Gasteiger partial charge in [-0.15, -0.1) is 24.0 Å². The van der Waals surface area contributed by atoms with Crippen molar-refractivity contribution in [2.45, 2.75) is 19.6 Å². The topological polar surface area (TPSA) is 65.5 Å². The average Bonchev–Trinajstić information content (AvgIpc) is 2.69. The molecule has 1 amide bonds. The minimum atomic E-state index is -4.67. The van der Waals surface area contributed by atoms with Gasteiger partial charge in [-0.2, -0.15) is 13.2 Å². The molecule has 0 saturated carbocycles. The van der Waals surface area contributed by atoms with Crippen molar-refractivity contribution < 1.29 is 22.4 Å². The fourth-order valence-corrected chi connectivity index (χ4v) is 2.50. The van der Waals surface area contributed by atoms with E-state index in [4.69, 9.17) is 0 Å². The third-order valence-corrected chi connectivity index (χ3v) is 3.87. The van der Waals surface area contributed by atoms with Gasteiger partial charge in [0.2, 0.25) is 0 Å². The molecule has 0 radical (unpaired) electrons. The van der Waals surface area contributed by atoms with Gasteiger partial charge in [-0.05, 0) is 36.8 Å². The monoisotopic (exact) mass is 538 g/mol. The Hall–Kier alpha value is -2.37. The molecule has 0 heterocycles. The largest absolute Gasteiger partial charge is 0.416 e. The van der Waals surface area contributed by atoms with Gasteiger partial charge in [-0.25, -0.2) is 9.38 Å². The summed E-state index contributed by atoms with van der Waals surface area (Å²) in [5, 5.41) is 8.58. The van der Waals surface area contributed by atoms with Crippen LogP contribution in [-0.4, -0.2) is 31.5 Å². The molecule has 0 aromatic heterocycles. The minimum Gasteiger partial charge on any atom is -0.357 e. The standard InChI is InChI=1S/C20H22F4N4O.HI/c1-2-25-19(27-11-10-26-18(29)14-6-4-3-5-7-14)28-13-15-8-9-16(21)12-17(15)20(22,23)24;/h3-9,12H,2,10-11,13H2,1H3,(H,26,29)(H2,25,27,28);1H. The molecule has 0 aliphatic carbocycles. The number of nitrogens with one attached hydrogen (secondary N) is 3. The van der Waals surface area contributed by atoms with E-state index in [-0.39, 0.29) is 42.0 Å². The molecule has 0 bridgehead atoms. The number of carbonyl (C=O) groups is 1. The van der Waals surface area contributed by atoms with E-state index in [0.717, 1.165) is 12.1 Å². The Morgan fingerprint density at radius 3 is 2.30 bits per heavy atom. The van der Waals surface area contributed by atoms with Crippen LogP contribution in [0.4, 0.5) is 17.6 Å². The summed E-state index contributed by atoms with van der Waals surface area (Å²) in [6.45, 7) is 2.65. The lowest BCUT2D eigenvalue weighted by Crippen LogP contribution is -2.41. The van der Waals surface area contributed by atoms with E-state index in [2.05, 4.69) is 20.9 Å². The number of amides is 1. The maximum atomic E-state index is 13.2. The van der Waals surface area contributed by atoms with E-state index in [9.17, 15) is 22.4 Å². The van der Waals surface area contributed by atoms with Crippen LogP contribution in [0.5, 0.6) is 0 Å². The third kappa shape index (κ3) is 8.17. The second kappa shape index (κ2) is 12.4. The van der Waals surface area contributed by atoms with Crippen LogP contribution in [0.3, 0.4) is 0 Å². The van der Waals surface area contributed by atoms with Crippen molar-refractivity contribution in [2.75, 3.05) is 19.6 Å². The number of carbonyl (C=O) groups excluding carboxylic acids is 1. The number of hydrogen-bond donors (Lipinski definition) is 3. The first-order chi connectivity index (χ1) is 13.8. The van der Waals surface area contributed by atoms with Gasteiger partial charge in [0, 0.05) is 25.2 Å². The van der Waals surface area contributed by atoms with Gasteiger partial charge < -0.3 is 16.0 Å². The van der Waals surface area contributed by atoms with Crippen molar-refractivity contribution in [2.24, 2.45) is 4.99 Å². The fraction of sp³-hybridized carbons (Fsp3) is 0.300. The number of rotatable bonds is 7. The lowest BCUT2D eigenvalue weighted by molar-refractivity contribution is -0.138. The van der Waals surface area contributed by atoms with Crippen LogP contribution >= 0.6 is 24.0 Å². The average molecular weight is 538 g/mol. The Morgan fingerprint density at radius 2 is 1.67 bits per heavy atom. The van der Waals surface area contributed by atoms with Crippen LogP contribution in [0.2, 0.25) is 0 Å². The van der Waals surface area contributed by atoms with E-state index < -0.39 is 17.6 Å². The van der Waals surface area contributed by atoms with Crippen molar-refractivity contribution in [3.8, 4) is 0 Å². The molecule has 0 aliphatic rings. The van der Waals surface area contributed by atoms with Crippen LogP contribution in [0.1, 0.15) is 28.4 Å². The minimum absolute atomic E-state index is 0. The maximum Gasteiger partial charge on any atom is 0.416 e. The van der Waals surface area contributed by atoms with E-state index in [0.29, 0.717) is 37.2 Å². The molecule has 10 heteroatoms. The zero-order valence-corrected chi connectivity index (χ0v) is 18.6. The van der Waals surface area contributed by atoms with Crippen LogP contribution in [0.25, 0.3) is 0 Å². The SMILES string of the molecule is CCNC(=NCc1ccc(F)cc1C(F)(F)F)NCCNC(=O)c1ccccc1.I. The number of hydrogen-bond acceptors (Lipinski definition) is 2. The summed E-state index contributed by atoms with van der Waals surface area (Å²) in [6.07, 6.45) is -4.67. The quantitative estimate of drug-likeness (QED) is 0.165. The lowest BCUT2D eigenvalue weighted by Gasteiger charge is -2.14. The van der Waals surface area contributed by atoms with E-state index in [1.807, 2.05) is 13.0 Å². The molecule has 2 rings (SSSR count). The molecule has 5 nitrogen and oxygen atoms in total. The second-order valence-electron chi connectivity index (χ2n) is 6.04. The van der Waals surface area contributed by atoms with Crippen LogP contribution in [-0.2, 0) is 12.7 Å². The van der Waals surface area contributed by atoms with Gasteiger partial charge in [0.1, 0.15) is 5.82 Å². The second-order valence-corrected chi connectivity index (χ2v) is 6.04. The van der Waals surface area contributed by atoms with Crippen molar-refractivity contribution in [3.63, 3.8) is 0 Å². The zero-order valence-electron chi connectivity index (χ0n) is 16.2. The first kappa shape index (κ1) is 25.7. The summed E-state index contributed by atoms with van der Waals surface area (Å²) >= 11 is 0. The Balaban J connectivity index is 0.00000450. The van der Waals surface area contributed by atoms with Gasteiger partial charge in [0.25, 0.3) is 5.91 Å². The van der Waals surface area contributed by atoms with Crippen LogP contribution < -0.4 is 16.0 Å². The number of nitrogens with zero attached hydrogens (tertiary/aromatic N) is 1. The van der Waals surface area contributed by atoms with Crippen LogP contribution in [0, 0.1) is 5.82 Å². The summed E-state index contributed by atoms with van der Waals surface area (Å²) < 4.78 is 52.4. The molecule has 0 saturated heterocycles. The van der Waals surface area contributed by atoms with Crippen molar-refractivity contribution in [1.82, 2.24) is 16.0 Å². The Kier molecular flexibility index (Phi) is 10.6. The van der Waals surface area contributed by atoms with Gasteiger partial charge in [-0.1, -0.05) is 24.3 Å². The molecule has 0 spiro atoms. The van der Waals surface area contributed by atoms with E-state index in [1.54, 1.807) is 24.3 Å². The first-order valence-corrected chi connectivity index (χ1v) is 9.02. The highest BCUT2D eigenvalue weighted by Crippen LogP contribution is 2.32. The molecule has 3 N–H and O–H groups in total. The normalized spacial score (nSPS) is 11.4.